The summed E-state index contributed by atoms with van der Waals surface area (Å²) in [7, 11) is 1.42. The van der Waals surface area contributed by atoms with Gasteiger partial charge in [0.1, 0.15) is 5.82 Å². The average molecular weight is 385 g/mol. The minimum absolute atomic E-state index is 0.266. The lowest BCUT2D eigenvalue weighted by Gasteiger charge is -2.26. The largest absolute Gasteiger partial charge is 0.331 e. The number of benzene rings is 2. The van der Waals surface area contributed by atoms with Crippen molar-refractivity contribution in [1.29, 1.82) is 0 Å². The van der Waals surface area contributed by atoms with Gasteiger partial charge in [-0.1, -0.05) is 0 Å². The van der Waals surface area contributed by atoms with E-state index in [0.717, 1.165) is 21.1 Å². The number of anilines is 1. The van der Waals surface area contributed by atoms with Crippen molar-refractivity contribution in [1.82, 2.24) is 10.2 Å². The first-order valence-corrected chi connectivity index (χ1v) is 9.39. The molecule has 1 atom stereocenters. The number of carbonyl (C=O) groups excluding carboxylic acids is 3. The quantitative estimate of drug-likeness (QED) is 0.777. The number of hydrogen-bond donors (Lipinski definition) is 2. The number of carbonyl (C=O) groups is 3. The molecule has 2 aliphatic rings. The number of urea groups is 1. The normalized spacial score (nSPS) is 18.1. The first-order valence-electron chi connectivity index (χ1n) is 8.40. The number of amides is 4. The molecule has 0 fully saturated rings. The summed E-state index contributed by atoms with van der Waals surface area (Å²) >= 11 is 1.63. The van der Waals surface area contributed by atoms with E-state index in [9.17, 15) is 18.8 Å². The van der Waals surface area contributed by atoms with Gasteiger partial charge in [0, 0.05) is 23.4 Å². The Kier molecular flexibility index (Phi) is 4.35. The van der Waals surface area contributed by atoms with Crippen LogP contribution in [0.2, 0.25) is 0 Å². The molecule has 6 nitrogen and oxygen atoms in total. The molecule has 0 spiro atoms. The van der Waals surface area contributed by atoms with Gasteiger partial charge in [-0.15, -0.1) is 11.8 Å². The predicted octanol–water partition coefficient (Wildman–Crippen LogP) is 3.41. The molecule has 2 aromatic carbocycles. The van der Waals surface area contributed by atoms with E-state index in [4.69, 9.17) is 0 Å². The molecule has 8 heteroatoms. The first-order chi connectivity index (χ1) is 12.9. The zero-order valence-corrected chi connectivity index (χ0v) is 15.2. The lowest BCUT2D eigenvalue weighted by molar-refractivity contribution is 0.0693. The van der Waals surface area contributed by atoms with Crippen molar-refractivity contribution in [3.05, 3.63) is 58.9 Å². The Balaban J connectivity index is 1.50. The number of hydrogen-bond acceptors (Lipinski definition) is 4. The molecule has 2 aliphatic heterocycles. The highest BCUT2D eigenvalue weighted by Gasteiger charge is 2.33. The molecule has 0 unspecified atom stereocenters. The fraction of sp³-hybridized carbons (Fsp3) is 0.211. The molecule has 4 amide bonds. The van der Waals surface area contributed by atoms with Crippen LogP contribution in [0.5, 0.6) is 0 Å². The fourth-order valence-corrected chi connectivity index (χ4v) is 4.39. The number of nitrogens with zero attached hydrogens (tertiary/aromatic N) is 1. The molecule has 0 aliphatic carbocycles. The minimum Gasteiger partial charge on any atom is -0.331 e. The van der Waals surface area contributed by atoms with Gasteiger partial charge in [0.05, 0.1) is 17.2 Å². The molecular weight excluding hydrogens is 369 g/mol. The van der Waals surface area contributed by atoms with Gasteiger partial charge in [-0.25, -0.2) is 9.18 Å². The van der Waals surface area contributed by atoms with Crippen molar-refractivity contribution < 1.29 is 18.8 Å². The number of rotatable bonds is 2. The summed E-state index contributed by atoms with van der Waals surface area (Å²) in [5, 5.41) is 5.54. The van der Waals surface area contributed by atoms with E-state index >= 15 is 0 Å². The zero-order chi connectivity index (χ0) is 19.1. The van der Waals surface area contributed by atoms with E-state index in [-0.39, 0.29) is 23.3 Å². The van der Waals surface area contributed by atoms with Crippen LogP contribution in [0.4, 0.5) is 14.9 Å². The van der Waals surface area contributed by atoms with Crippen LogP contribution < -0.4 is 10.6 Å². The van der Waals surface area contributed by atoms with Crippen molar-refractivity contribution in [3.8, 4) is 0 Å². The highest BCUT2D eigenvalue weighted by Crippen LogP contribution is 2.36. The highest BCUT2D eigenvalue weighted by molar-refractivity contribution is 7.99. The standard InChI is InChI=1S/C19H16FN3O3S/c1-23-17(24)12-4-3-11(9-13(12)18(23)25)21-19(26)22-15-6-7-27-16-5-2-10(20)8-14(15)16/h2-5,8-9,15H,6-7H2,1H3,(H2,21,22,26)/t15-/m0/s1. The summed E-state index contributed by atoms with van der Waals surface area (Å²) in [5.74, 6) is -0.266. The lowest BCUT2D eigenvalue weighted by Crippen LogP contribution is -2.34. The molecule has 2 heterocycles. The van der Waals surface area contributed by atoms with E-state index in [0.29, 0.717) is 17.7 Å². The fourth-order valence-electron chi connectivity index (χ4n) is 3.28. The first kappa shape index (κ1) is 17.5. The Morgan fingerprint density at radius 1 is 1.15 bits per heavy atom. The third-order valence-corrected chi connectivity index (χ3v) is 5.79. The Bertz CT molecular complexity index is 979. The Labute approximate surface area is 159 Å². The van der Waals surface area contributed by atoms with Crippen LogP contribution in [0.15, 0.2) is 41.3 Å². The lowest BCUT2D eigenvalue weighted by atomic mass is 10.0. The maximum atomic E-state index is 13.6. The van der Waals surface area contributed by atoms with Crippen molar-refractivity contribution in [2.24, 2.45) is 0 Å². The maximum absolute atomic E-state index is 13.6. The molecular formula is C19H16FN3O3S. The molecule has 27 heavy (non-hydrogen) atoms. The topological polar surface area (TPSA) is 78.5 Å². The third-order valence-electron chi connectivity index (χ3n) is 4.66. The SMILES string of the molecule is CN1C(=O)c2ccc(NC(=O)N[C@H]3CCSc4ccc(F)cc43)cc2C1=O. The average Bonchev–Trinajstić information content (AvgIpc) is 2.86. The zero-order valence-electron chi connectivity index (χ0n) is 14.4. The molecule has 0 aromatic heterocycles. The van der Waals surface area contributed by atoms with Gasteiger partial charge in [-0.2, -0.15) is 0 Å². The molecule has 4 rings (SSSR count). The molecule has 2 N–H and O–H groups in total. The third kappa shape index (κ3) is 3.16. The molecule has 2 aromatic rings. The van der Waals surface area contributed by atoms with E-state index in [1.165, 1.54) is 31.3 Å². The van der Waals surface area contributed by atoms with Crippen LogP contribution >= 0.6 is 11.8 Å². The van der Waals surface area contributed by atoms with E-state index < -0.39 is 11.9 Å². The number of nitrogens with one attached hydrogen (secondary N) is 2. The number of imide groups is 1. The smallest absolute Gasteiger partial charge is 0.319 e. The predicted molar refractivity (Wildman–Crippen MR) is 99.5 cm³/mol. The number of fused-ring (bicyclic) bond motifs is 2. The van der Waals surface area contributed by atoms with Crippen LogP contribution in [0.3, 0.4) is 0 Å². The Morgan fingerprint density at radius 3 is 2.74 bits per heavy atom. The van der Waals surface area contributed by atoms with Gasteiger partial charge < -0.3 is 10.6 Å². The summed E-state index contributed by atoms with van der Waals surface area (Å²) < 4.78 is 13.6. The van der Waals surface area contributed by atoms with Crippen molar-refractivity contribution in [2.45, 2.75) is 17.4 Å². The second kappa shape index (κ2) is 6.70. The molecule has 0 bridgehead atoms. The van der Waals surface area contributed by atoms with Crippen molar-refractivity contribution in [3.63, 3.8) is 0 Å². The van der Waals surface area contributed by atoms with Gasteiger partial charge in [0.2, 0.25) is 0 Å². The molecule has 0 saturated heterocycles. The van der Waals surface area contributed by atoms with Crippen molar-refractivity contribution >= 4 is 35.3 Å². The minimum atomic E-state index is -0.452. The number of thioether (sulfide) groups is 1. The summed E-state index contributed by atoms with van der Waals surface area (Å²) in [6, 6.07) is 8.43. The van der Waals surface area contributed by atoms with E-state index in [2.05, 4.69) is 10.6 Å². The van der Waals surface area contributed by atoms with Crippen molar-refractivity contribution in [2.75, 3.05) is 18.1 Å². The van der Waals surface area contributed by atoms with Crippen LogP contribution in [-0.2, 0) is 0 Å². The molecule has 138 valence electrons. The molecule has 0 radical (unpaired) electrons. The van der Waals surface area contributed by atoms with E-state index in [1.807, 2.05) is 0 Å². The van der Waals surface area contributed by atoms with Gasteiger partial charge in [0.25, 0.3) is 11.8 Å². The Hall–Kier alpha value is -2.87. The summed E-state index contributed by atoms with van der Waals surface area (Å²) in [6.07, 6.45) is 0.691. The van der Waals surface area contributed by atoms with E-state index in [1.54, 1.807) is 23.9 Å². The highest BCUT2D eigenvalue weighted by atomic mass is 32.2. The van der Waals surface area contributed by atoms with Gasteiger partial charge in [-0.3, -0.25) is 14.5 Å². The van der Waals surface area contributed by atoms with Gasteiger partial charge in [-0.05, 0) is 48.4 Å². The van der Waals surface area contributed by atoms with Crippen LogP contribution in [-0.4, -0.2) is 35.5 Å². The second-order valence-electron chi connectivity index (χ2n) is 6.40. The van der Waals surface area contributed by atoms with Crippen LogP contribution in [0.25, 0.3) is 0 Å². The van der Waals surface area contributed by atoms with Crippen LogP contribution in [0.1, 0.15) is 38.7 Å². The summed E-state index contributed by atoms with van der Waals surface area (Å²) in [6.45, 7) is 0. The number of halogens is 1. The monoisotopic (exact) mass is 385 g/mol. The Morgan fingerprint density at radius 2 is 1.93 bits per heavy atom. The summed E-state index contributed by atoms with van der Waals surface area (Å²) in [5.41, 5.74) is 1.76. The van der Waals surface area contributed by atoms with Gasteiger partial charge in [0.15, 0.2) is 0 Å². The molecule has 0 saturated carbocycles. The maximum Gasteiger partial charge on any atom is 0.319 e. The van der Waals surface area contributed by atoms with Crippen LogP contribution in [0, 0.1) is 5.82 Å². The second-order valence-corrected chi connectivity index (χ2v) is 7.54. The summed E-state index contributed by atoms with van der Waals surface area (Å²) in [4.78, 5) is 38.4. The van der Waals surface area contributed by atoms with Gasteiger partial charge >= 0.3 is 6.03 Å².